The van der Waals surface area contributed by atoms with Crippen LogP contribution in [0, 0.1) is 0 Å². The Labute approximate surface area is 151 Å². The van der Waals surface area contributed by atoms with Crippen molar-refractivity contribution in [2.24, 2.45) is 0 Å². The first kappa shape index (κ1) is 17.1. The Bertz CT molecular complexity index is 1130. The summed E-state index contributed by atoms with van der Waals surface area (Å²) in [6.07, 6.45) is -1.64. The summed E-state index contributed by atoms with van der Waals surface area (Å²) in [6, 6.07) is 13.6. The monoisotopic (exact) mass is 370 g/mol. The molecule has 0 saturated carbocycles. The fraction of sp³-hybridized carbons (Fsp3) is 0.0526. The van der Waals surface area contributed by atoms with Crippen LogP contribution >= 0.6 is 0 Å². The molecule has 8 heteroatoms. The summed E-state index contributed by atoms with van der Waals surface area (Å²) in [5.41, 5.74) is 0.318. The molecule has 27 heavy (non-hydrogen) atoms. The quantitative estimate of drug-likeness (QED) is 0.423. The lowest BCUT2D eigenvalue weighted by atomic mass is 10.1. The number of furan rings is 1. The van der Waals surface area contributed by atoms with Gasteiger partial charge in [0, 0.05) is 23.2 Å². The van der Waals surface area contributed by atoms with E-state index in [0.29, 0.717) is 21.9 Å². The first-order valence-electron chi connectivity index (χ1n) is 7.88. The number of carbonyl (C=O) groups is 1. The standard InChI is InChI=1S/C19H12F2N2O4/c20-19(21,12-8-10-22-11-9-12)27-23(25)18(24)14-5-3-7-16-17(14)13-4-1-2-6-15(13)26-16/h1-11,25H. The number of fused-ring (bicyclic) bond motifs is 3. The average Bonchev–Trinajstić information content (AvgIpc) is 3.06. The lowest BCUT2D eigenvalue weighted by Crippen LogP contribution is -2.35. The summed E-state index contributed by atoms with van der Waals surface area (Å²) in [6.45, 7) is 0. The van der Waals surface area contributed by atoms with Crippen molar-refractivity contribution >= 4 is 27.8 Å². The molecule has 0 bridgehead atoms. The molecule has 0 aliphatic heterocycles. The van der Waals surface area contributed by atoms with Crippen LogP contribution in [0.4, 0.5) is 8.78 Å². The van der Waals surface area contributed by atoms with Crippen LogP contribution in [-0.2, 0) is 10.9 Å². The van der Waals surface area contributed by atoms with Crippen LogP contribution in [-0.4, -0.2) is 21.3 Å². The fourth-order valence-corrected chi connectivity index (χ4v) is 2.80. The fourth-order valence-electron chi connectivity index (χ4n) is 2.80. The van der Waals surface area contributed by atoms with Crippen molar-refractivity contribution in [3.63, 3.8) is 0 Å². The summed E-state index contributed by atoms with van der Waals surface area (Å²) >= 11 is 0. The second-order valence-electron chi connectivity index (χ2n) is 5.70. The molecule has 0 radical (unpaired) electrons. The third-order valence-electron chi connectivity index (χ3n) is 4.02. The molecule has 4 rings (SSSR count). The number of benzene rings is 2. The van der Waals surface area contributed by atoms with Crippen molar-refractivity contribution in [1.29, 1.82) is 0 Å². The molecule has 1 N–H and O–H groups in total. The van der Waals surface area contributed by atoms with Crippen LogP contribution in [0.3, 0.4) is 0 Å². The van der Waals surface area contributed by atoms with Crippen molar-refractivity contribution in [3.8, 4) is 0 Å². The molecule has 136 valence electrons. The van der Waals surface area contributed by atoms with Gasteiger partial charge in [-0.3, -0.25) is 15.0 Å². The Morgan fingerprint density at radius 2 is 1.74 bits per heavy atom. The molecule has 4 aromatic rings. The minimum atomic E-state index is -3.93. The van der Waals surface area contributed by atoms with Crippen molar-refractivity contribution in [2.75, 3.05) is 0 Å². The van der Waals surface area contributed by atoms with E-state index in [4.69, 9.17) is 4.42 Å². The normalized spacial score (nSPS) is 11.8. The van der Waals surface area contributed by atoms with E-state index < -0.39 is 22.8 Å². The smallest absolute Gasteiger partial charge is 0.404 e. The topological polar surface area (TPSA) is 75.8 Å². The lowest BCUT2D eigenvalue weighted by molar-refractivity contribution is -0.426. The number of rotatable bonds is 4. The van der Waals surface area contributed by atoms with Gasteiger partial charge >= 0.3 is 12.0 Å². The van der Waals surface area contributed by atoms with Crippen LogP contribution in [0.15, 0.2) is 71.4 Å². The summed E-state index contributed by atoms with van der Waals surface area (Å²) in [7, 11) is 0. The first-order chi connectivity index (χ1) is 13.0. The Hall–Kier alpha value is -3.36. The number of alkyl halides is 2. The predicted molar refractivity (Wildman–Crippen MR) is 90.9 cm³/mol. The van der Waals surface area contributed by atoms with E-state index in [2.05, 4.69) is 9.82 Å². The number of nitrogens with zero attached hydrogens (tertiary/aromatic N) is 2. The number of halogens is 2. The molecule has 2 aromatic heterocycles. The van der Waals surface area contributed by atoms with Crippen LogP contribution in [0.25, 0.3) is 21.9 Å². The summed E-state index contributed by atoms with van der Waals surface area (Å²) in [5, 5.41) is 10.4. The number of para-hydroxylation sites is 1. The summed E-state index contributed by atoms with van der Waals surface area (Å²) < 4.78 is 34.0. The Morgan fingerprint density at radius 3 is 2.52 bits per heavy atom. The van der Waals surface area contributed by atoms with Gasteiger partial charge in [0.25, 0.3) is 0 Å². The number of amides is 1. The van der Waals surface area contributed by atoms with Gasteiger partial charge in [0.15, 0.2) is 0 Å². The largest absolute Gasteiger partial charge is 0.456 e. The minimum Gasteiger partial charge on any atom is -0.456 e. The van der Waals surface area contributed by atoms with E-state index in [9.17, 15) is 18.8 Å². The maximum absolute atomic E-state index is 14.2. The maximum Gasteiger partial charge on any atom is 0.404 e. The summed E-state index contributed by atoms with van der Waals surface area (Å²) in [5.74, 6) is -1.15. The molecule has 0 atom stereocenters. The highest BCUT2D eigenvalue weighted by Crippen LogP contribution is 2.33. The molecular weight excluding hydrogens is 358 g/mol. The zero-order valence-electron chi connectivity index (χ0n) is 13.7. The van der Waals surface area contributed by atoms with E-state index in [1.54, 1.807) is 30.3 Å². The second kappa shape index (κ2) is 6.42. The third-order valence-corrected chi connectivity index (χ3v) is 4.02. The molecule has 0 aliphatic carbocycles. The van der Waals surface area contributed by atoms with Crippen LogP contribution in [0.1, 0.15) is 15.9 Å². The number of hydrogen-bond acceptors (Lipinski definition) is 5. The molecular formula is C19H12F2N2O4. The number of aromatic nitrogens is 1. The highest BCUT2D eigenvalue weighted by atomic mass is 19.3. The van der Waals surface area contributed by atoms with Crippen molar-refractivity contribution in [3.05, 3.63) is 78.1 Å². The van der Waals surface area contributed by atoms with Crippen molar-refractivity contribution in [1.82, 2.24) is 10.2 Å². The number of hydroxylamine groups is 2. The molecule has 0 saturated heterocycles. The van der Waals surface area contributed by atoms with Crippen LogP contribution < -0.4 is 0 Å². The van der Waals surface area contributed by atoms with Crippen molar-refractivity contribution in [2.45, 2.75) is 6.11 Å². The minimum absolute atomic E-state index is 0.0366. The van der Waals surface area contributed by atoms with Gasteiger partial charge in [-0.15, -0.1) is 0 Å². The van der Waals surface area contributed by atoms with Gasteiger partial charge in [-0.1, -0.05) is 29.5 Å². The summed E-state index contributed by atoms with van der Waals surface area (Å²) in [4.78, 5) is 20.4. The van der Waals surface area contributed by atoms with Gasteiger partial charge < -0.3 is 4.42 Å². The van der Waals surface area contributed by atoms with E-state index in [1.807, 2.05) is 0 Å². The molecule has 2 aromatic carbocycles. The molecule has 0 aliphatic rings. The van der Waals surface area contributed by atoms with Gasteiger partial charge in [0.05, 0.1) is 11.1 Å². The molecule has 0 fully saturated rings. The van der Waals surface area contributed by atoms with Gasteiger partial charge in [0.1, 0.15) is 11.2 Å². The van der Waals surface area contributed by atoms with Crippen LogP contribution in [0.2, 0.25) is 0 Å². The lowest BCUT2D eigenvalue weighted by Gasteiger charge is -2.21. The van der Waals surface area contributed by atoms with E-state index in [1.165, 1.54) is 12.1 Å². The molecule has 2 heterocycles. The number of carbonyl (C=O) groups excluding carboxylic acids is 1. The van der Waals surface area contributed by atoms with Gasteiger partial charge in [-0.2, -0.15) is 13.6 Å². The highest BCUT2D eigenvalue weighted by molar-refractivity contribution is 6.15. The molecule has 1 amide bonds. The maximum atomic E-state index is 14.2. The van der Waals surface area contributed by atoms with Gasteiger partial charge in [-0.25, -0.2) is 0 Å². The molecule has 0 spiro atoms. The van der Waals surface area contributed by atoms with Crippen molar-refractivity contribution < 1.29 is 28.0 Å². The Morgan fingerprint density at radius 1 is 1.04 bits per heavy atom. The third kappa shape index (κ3) is 3.01. The van der Waals surface area contributed by atoms with E-state index in [-0.39, 0.29) is 5.56 Å². The molecule has 0 unspecified atom stereocenters. The van der Waals surface area contributed by atoms with Gasteiger partial charge in [-0.05, 0) is 30.3 Å². The predicted octanol–water partition coefficient (Wildman–Crippen LogP) is 4.49. The average molecular weight is 370 g/mol. The number of hydrogen-bond donors (Lipinski definition) is 1. The highest BCUT2D eigenvalue weighted by Gasteiger charge is 2.38. The van der Waals surface area contributed by atoms with E-state index in [0.717, 1.165) is 24.5 Å². The van der Waals surface area contributed by atoms with Gasteiger partial charge in [0.2, 0.25) is 0 Å². The zero-order valence-corrected chi connectivity index (χ0v) is 13.7. The molecule has 6 nitrogen and oxygen atoms in total. The van der Waals surface area contributed by atoms with E-state index >= 15 is 0 Å². The Balaban J connectivity index is 1.70. The first-order valence-corrected chi connectivity index (χ1v) is 7.88. The second-order valence-corrected chi connectivity index (χ2v) is 5.70. The SMILES string of the molecule is O=C(c1cccc2oc3ccccc3c12)N(O)OC(F)(F)c1ccncc1. The van der Waals surface area contributed by atoms with Crippen LogP contribution in [0.5, 0.6) is 0 Å². The Kier molecular flexibility index (Phi) is 4.06. The zero-order chi connectivity index (χ0) is 19.0. The number of pyridine rings is 1.